The van der Waals surface area contributed by atoms with Crippen LogP contribution in [0, 0.1) is 11.8 Å². The lowest BCUT2D eigenvalue weighted by atomic mass is 10.1. The Kier molecular flexibility index (Phi) is 4.03. The minimum absolute atomic E-state index is 0.220. The van der Waals surface area contributed by atoms with E-state index in [1.54, 1.807) is 0 Å². The number of fused-ring (bicyclic) bond motifs is 1. The lowest BCUT2D eigenvalue weighted by Gasteiger charge is -2.35. The molecule has 106 valence electrons. The molecule has 0 fully saturated rings. The summed E-state index contributed by atoms with van der Waals surface area (Å²) in [6.45, 7) is 11.7. The zero-order chi connectivity index (χ0) is 14.8. The van der Waals surface area contributed by atoms with Gasteiger partial charge in [-0.3, -0.25) is 5.10 Å². The quantitative estimate of drug-likeness (QED) is 0.671. The zero-order valence-corrected chi connectivity index (χ0v) is 13.9. The molecule has 0 radical (unpaired) electrons. The predicted octanol–water partition coefficient (Wildman–Crippen LogP) is 3.94. The van der Waals surface area contributed by atoms with Gasteiger partial charge in [-0.25, -0.2) is 0 Å². The number of aromatic amines is 1. The van der Waals surface area contributed by atoms with Gasteiger partial charge in [0.25, 0.3) is 0 Å². The lowest BCUT2D eigenvalue weighted by molar-refractivity contribution is 0.334. The van der Waals surface area contributed by atoms with E-state index in [1.807, 2.05) is 24.4 Å². The van der Waals surface area contributed by atoms with Crippen LogP contribution < -0.4 is 0 Å². The maximum absolute atomic E-state index is 6.05. The van der Waals surface area contributed by atoms with Gasteiger partial charge >= 0.3 is 0 Å². The molecule has 0 bridgehead atoms. The highest BCUT2D eigenvalue weighted by molar-refractivity contribution is 6.74. The van der Waals surface area contributed by atoms with E-state index in [0.29, 0.717) is 6.61 Å². The monoisotopic (exact) mass is 286 g/mol. The maximum Gasteiger partial charge on any atom is 0.193 e. The number of nitrogens with one attached hydrogen (secondary N) is 1. The zero-order valence-electron chi connectivity index (χ0n) is 12.9. The molecular weight excluding hydrogens is 264 g/mol. The molecule has 1 aromatic carbocycles. The van der Waals surface area contributed by atoms with E-state index in [9.17, 15) is 0 Å². The largest absolute Gasteiger partial charge is 0.406 e. The molecule has 4 heteroatoms. The highest BCUT2D eigenvalue weighted by atomic mass is 28.4. The van der Waals surface area contributed by atoms with Crippen LogP contribution in [0.15, 0.2) is 24.4 Å². The van der Waals surface area contributed by atoms with E-state index >= 15 is 0 Å². The first kappa shape index (κ1) is 14.8. The Balaban J connectivity index is 2.08. The normalized spacial score (nSPS) is 12.2. The van der Waals surface area contributed by atoms with Crippen LogP contribution in [-0.4, -0.2) is 25.1 Å². The maximum atomic E-state index is 6.05. The average molecular weight is 286 g/mol. The Morgan fingerprint density at radius 2 is 2.05 bits per heavy atom. The lowest BCUT2D eigenvalue weighted by Crippen LogP contribution is -2.40. The van der Waals surface area contributed by atoms with E-state index in [4.69, 9.17) is 4.43 Å². The summed E-state index contributed by atoms with van der Waals surface area (Å²) in [4.78, 5) is 0. The third-order valence-electron chi connectivity index (χ3n) is 4.01. The highest BCUT2D eigenvalue weighted by Crippen LogP contribution is 2.36. The van der Waals surface area contributed by atoms with Crippen LogP contribution >= 0.6 is 0 Å². The van der Waals surface area contributed by atoms with Gasteiger partial charge in [0.15, 0.2) is 8.32 Å². The first-order chi connectivity index (χ1) is 9.31. The van der Waals surface area contributed by atoms with Gasteiger partial charge in [0, 0.05) is 5.39 Å². The van der Waals surface area contributed by atoms with Crippen molar-refractivity contribution < 1.29 is 4.43 Å². The molecule has 0 aliphatic rings. The Hall–Kier alpha value is -1.57. The van der Waals surface area contributed by atoms with Crippen molar-refractivity contribution in [2.24, 2.45) is 0 Å². The molecular formula is C16H22N2OSi. The van der Waals surface area contributed by atoms with E-state index in [0.717, 1.165) is 16.5 Å². The first-order valence-electron chi connectivity index (χ1n) is 6.86. The summed E-state index contributed by atoms with van der Waals surface area (Å²) < 4.78 is 6.05. The third-order valence-corrected chi connectivity index (χ3v) is 8.49. The first-order valence-corrected chi connectivity index (χ1v) is 9.77. The van der Waals surface area contributed by atoms with Gasteiger partial charge in [-0.2, -0.15) is 5.10 Å². The molecule has 3 nitrogen and oxygen atoms in total. The third kappa shape index (κ3) is 3.11. The van der Waals surface area contributed by atoms with E-state index in [-0.39, 0.29) is 5.04 Å². The molecule has 2 aromatic rings. The molecule has 0 amide bonds. The number of hydrogen-bond donors (Lipinski definition) is 1. The fourth-order valence-corrected chi connectivity index (χ4v) is 2.50. The fourth-order valence-electron chi connectivity index (χ4n) is 1.64. The van der Waals surface area contributed by atoms with Crippen LogP contribution in [0.3, 0.4) is 0 Å². The van der Waals surface area contributed by atoms with Crippen molar-refractivity contribution in [3.05, 3.63) is 30.0 Å². The van der Waals surface area contributed by atoms with E-state index < -0.39 is 8.32 Å². The number of benzene rings is 1. The molecule has 1 heterocycles. The molecule has 20 heavy (non-hydrogen) atoms. The Morgan fingerprint density at radius 3 is 2.75 bits per heavy atom. The summed E-state index contributed by atoms with van der Waals surface area (Å²) >= 11 is 0. The summed E-state index contributed by atoms with van der Waals surface area (Å²) in [6, 6.07) is 6.02. The molecule has 0 aliphatic carbocycles. The van der Waals surface area contributed by atoms with Crippen molar-refractivity contribution in [1.82, 2.24) is 10.2 Å². The van der Waals surface area contributed by atoms with E-state index in [1.165, 1.54) is 0 Å². The second-order valence-corrected chi connectivity index (χ2v) is 11.3. The van der Waals surface area contributed by atoms with Crippen molar-refractivity contribution >= 4 is 19.2 Å². The molecule has 2 rings (SSSR count). The predicted molar refractivity (Wildman–Crippen MR) is 86.1 cm³/mol. The molecule has 0 saturated heterocycles. The Labute approximate surface area is 121 Å². The van der Waals surface area contributed by atoms with Gasteiger partial charge in [-0.05, 0) is 24.2 Å². The summed E-state index contributed by atoms with van der Waals surface area (Å²) in [5.74, 6) is 6.30. The van der Waals surface area contributed by atoms with Crippen molar-refractivity contribution in [3.63, 3.8) is 0 Å². The Morgan fingerprint density at radius 1 is 1.30 bits per heavy atom. The summed E-state index contributed by atoms with van der Waals surface area (Å²) in [5.41, 5.74) is 1.96. The number of aromatic nitrogens is 2. The van der Waals surface area contributed by atoms with Crippen LogP contribution in [0.25, 0.3) is 10.9 Å². The number of para-hydroxylation sites is 1. The van der Waals surface area contributed by atoms with Crippen LogP contribution in [0.2, 0.25) is 18.1 Å². The second-order valence-electron chi connectivity index (χ2n) is 6.49. The van der Waals surface area contributed by atoms with Gasteiger partial charge in [0.2, 0.25) is 0 Å². The highest BCUT2D eigenvalue weighted by Gasteiger charge is 2.36. The summed E-state index contributed by atoms with van der Waals surface area (Å²) in [6.07, 6.45) is 1.81. The van der Waals surface area contributed by atoms with Crippen LogP contribution in [-0.2, 0) is 4.43 Å². The van der Waals surface area contributed by atoms with Gasteiger partial charge in [-0.15, -0.1) is 0 Å². The van der Waals surface area contributed by atoms with E-state index in [2.05, 4.69) is 55.9 Å². The topological polar surface area (TPSA) is 37.9 Å². The molecule has 0 atom stereocenters. The molecule has 0 spiro atoms. The van der Waals surface area contributed by atoms with Crippen molar-refractivity contribution in [2.75, 3.05) is 6.61 Å². The molecule has 0 aliphatic heterocycles. The number of hydrogen-bond acceptors (Lipinski definition) is 2. The SMILES string of the molecule is CC(C)(C)[Si](C)(C)OCC#Cc1cccc2cn[nH]c12. The van der Waals surface area contributed by atoms with Gasteiger partial charge in [-0.1, -0.05) is 44.7 Å². The van der Waals surface area contributed by atoms with Gasteiger partial charge in [0.05, 0.1) is 23.9 Å². The van der Waals surface area contributed by atoms with Crippen molar-refractivity contribution in [2.45, 2.75) is 38.9 Å². The average Bonchev–Trinajstić information content (AvgIpc) is 2.82. The Bertz CT molecular complexity index is 656. The van der Waals surface area contributed by atoms with Crippen LogP contribution in [0.5, 0.6) is 0 Å². The minimum Gasteiger partial charge on any atom is -0.406 e. The smallest absolute Gasteiger partial charge is 0.193 e. The van der Waals surface area contributed by atoms with Gasteiger partial charge in [0.1, 0.15) is 0 Å². The van der Waals surface area contributed by atoms with Crippen LogP contribution in [0.4, 0.5) is 0 Å². The molecule has 0 saturated carbocycles. The number of nitrogens with zero attached hydrogens (tertiary/aromatic N) is 1. The summed E-state index contributed by atoms with van der Waals surface area (Å²) in [5, 5.41) is 8.34. The van der Waals surface area contributed by atoms with Gasteiger partial charge < -0.3 is 4.43 Å². The van der Waals surface area contributed by atoms with Crippen molar-refractivity contribution in [1.29, 1.82) is 0 Å². The molecule has 1 N–H and O–H groups in total. The standard InChI is InChI=1S/C16H22N2OSi/c1-16(2,3)20(4,5)19-11-7-10-13-8-6-9-14-12-17-18-15(13)14/h6,8-9,12H,11H2,1-5H3,(H,17,18). The minimum atomic E-state index is -1.71. The van der Waals surface area contributed by atoms with Crippen LogP contribution in [0.1, 0.15) is 26.3 Å². The number of H-pyrrole nitrogens is 1. The number of rotatable bonds is 2. The second kappa shape index (κ2) is 5.43. The molecule has 0 unspecified atom stereocenters. The van der Waals surface area contributed by atoms with Crippen molar-refractivity contribution in [3.8, 4) is 11.8 Å². The molecule has 1 aromatic heterocycles. The fraction of sp³-hybridized carbons (Fsp3) is 0.438. The summed E-state index contributed by atoms with van der Waals surface area (Å²) in [7, 11) is -1.71.